The zero-order chi connectivity index (χ0) is 10.1. The quantitative estimate of drug-likeness (QED) is 0.679. The SMILES string of the molecule is CN=[S@@](C)(=O)c1ccc(C)c(C)c1. The van der Waals surface area contributed by atoms with E-state index in [2.05, 4.69) is 4.36 Å². The molecule has 0 bridgehead atoms. The molecule has 72 valence electrons. The van der Waals surface area contributed by atoms with Crippen LogP contribution in [0.15, 0.2) is 27.5 Å². The summed E-state index contributed by atoms with van der Waals surface area (Å²) < 4.78 is 15.7. The molecule has 2 nitrogen and oxygen atoms in total. The smallest absolute Gasteiger partial charge is 0.0720 e. The van der Waals surface area contributed by atoms with Gasteiger partial charge in [-0.25, -0.2) is 8.57 Å². The molecule has 1 aromatic carbocycles. The van der Waals surface area contributed by atoms with Gasteiger partial charge in [-0.2, -0.15) is 0 Å². The highest BCUT2D eigenvalue weighted by Crippen LogP contribution is 2.15. The first-order valence-electron chi connectivity index (χ1n) is 4.15. The number of hydrogen-bond donors (Lipinski definition) is 0. The summed E-state index contributed by atoms with van der Waals surface area (Å²) in [5, 5.41) is 0. The van der Waals surface area contributed by atoms with Crippen molar-refractivity contribution in [2.24, 2.45) is 4.36 Å². The molecular formula is C10H15NOS. The lowest BCUT2D eigenvalue weighted by Crippen LogP contribution is -1.97. The van der Waals surface area contributed by atoms with Crippen LogP contribution >= 0.6 is 0 Å². The lowest BCUT2D eigenvalue weighted by molar-refractivity contribution is 0.680. The van der Waals surface area contributed by atoms with E-state index in [-0.39, 0.29) is 0 Å². The molecule has 0 heterocycles. The predicted octanol–water partition coefficient (Wildman–Crippen LogP) is 2.39. The minimum absolute atomic E-state index is 0.818. The Bertz CT molecular complexity index is 429. The van der Waals surface area contributed by atoms with Gasteiger partial charge in [-0.15, -0.1) is 0 Å². The second-order valence-corrected chi connectivity index (χ2v) is 5.67. The summed E-state index contributed by atoms with van der Waals surface area (Å²) in [6.45, 7) is 4.06. The van der Waals surface area contributed by atoms with Gasteiger partial charge in [-0.1, -0.05) is 6.07 Å². The predicted molar refractivity (Wildman–Crippen MR) is 56.6 cm³/mol. The zero-order valence-corrected chi connectivity index (χ0v) is 9.31. The van der Waals surface area contributed by atoms with Crippen molar-refractivity contribution >= 4 is 9.73 Å². The van der Waals surface area contributed by atoms with Gasteiger partial charge in [0.25, 0.3) is 0 Å². The largest absolute Gasteiger partial charge is 0.245 e. The first kappa shape index (κ1) is 10.3. The molecule has 0 amide bonds. The Morgan fingerprint density at radius 3 is 2.31 bits per heavy atom. The summed E-state index contributed by atoms with van der Waals surface area (Å²) in [7, 11) is -0.568. The Balaban J connectivity index is 3.36. The van der Waals surface area contributed by atoms with E-state index >= 15 is 0 Å². The van der Waals surface area contributed by atoms with Gasteiger partial charge in [0.05, 0.1) is 9.73 Å². The molecule has 1 rings (SSSR count). The van der Waals surface area contributed by atoms with Crippen LogP contribution in [0.3, 0.4) is 0 Å². The molecule has 0 N–H and O–H groups in total. The lowest BCUT2D eigenvalue weighted by Gasteiger charge is -2.05. The summed E-state index contributed by atoms with van der Waals surface area (Å²) in [5.41, 5.74) is 2.38. The maximum absolute atomic E-state index is 11.9. The Kier molecular flexibility index (Phi) is 2.76. The zero-order valence-electron chi connectivity index (χ0n) is 8.50. The molecular weight excluding hydrogens is 182 g/mol. The van der Waals surface area contributed by atoms with E-state index in [0.717, 1.165) is 10.5 Å². The maximum atomic E-state index is 11.9. The molecule has 0 saturated heterocycles. The third kappa shape index (κ3) is 2.10. The molecule has 0 aliphatic heterocycles. The summed E-state index contributed by atoms with van der Waals surface area (Å²) in [6, 6.07) is 5.82. The molecule has 1 atom stereocenters. The number of rotatable bonds is 1. The summed E-state index contributed by atoms with van der Waals surface area (Å²) in [6.07, 6.45) is 1.66. The van der Waals surface area contributed by atoms with Crippen molar-refractivity contribution in [1.29, 1.82) is 0 Å². The van der Waals surface area contributed by atoms with E-state index in [4.69, 9.17) is 0 Å². The number of benzene rings is 1. The minimum Gasteiger partial charge on any atom is -0.245 e. The van der Waals surface area contributed by atoms with Crippen LogP contribution in [-0.2, 0) is 9.73 Å². The van der Waals surface area contributed by atoms with E-state index in [1.54, 1.807) is 13.3 Å². The van der Waals surface area contributed by atoms with Crippen molar-refractivity contribution < 1.29 is 4.21 Å². The summed E-state index contributed by atoms with van der Waals surface area (Å²) >= 11 is 0. The number of nitrogens with zero attached hydrogens (tertiary/aromatic N) is 1. The van der Waals surface area contributed by atoms with E-state index in [1.807, 2.05) is 32.0 Å². The van der Waals surface area contributed by atoms with Crippen molar-refractivity contribution in [3.05, 3.63) is 29.3 Å². The third-order valence-electron chi connectivity index (χ3n) is 2.26. The third-order valence-corrected chi connectivity index (χ3v) is 4.09. The van der Waals surface area contributed by atoms with Crippen molar-refractivity contribution in [1.82, 2.24) is 0 Å². The van der Waals surface area contributed by atoms with Gasteiger partial charge in [0.15, 0.2) is 0 Å². The first-order valence-corrected chi connectivity index (χ1v) is 6.07. The fourth-order valence-electron chi connectivity index (χ4n) is 1.05. The van der Waals surface area contributed by atoms with Crippen LogP contribution in [0.5, 0.6) is 0 Å². The van der Waals surface area contributed by atoms with Gasteiger partial charge in [0.2, 0.25) is 0 Å². The van der Waals surface area contributed by atoms with Gasteiger partial charge >= 0.3 is 0 Å². The molecule has 0 aliphatic rings. The normalized spacial score (nSPS) is 15.1. The van der Waals surface area contributed by atoms with Crippen LogP contribution in [0.4, 0.5) is 0 Å². The minimum atomic E-state index is -2.16. The molecule has 0 radical (unpaired) electrons. The molecule has 3 heteroatoms. The Morgan fingerprint density at radius 1 is 1.23 bits per heavy atom. The molecule has 0 spiro atoms. The molecule has 0 aromatic heterocycles. The molecule has 1 aromatic rings. The van der Waals surface area contributed by atoms with Crippen molar-refractivity contribution in [3.63, 3.8) is 0 Å². The average Bonchev–Trinajstić information content (AvgIpc) is 2.09. The second kappa shape index (κ2) is 3.50. The van der Waals surface area contributed by atoms with Gasteiger partial charge < -0.3 is 0 Å². The van der Waals surface area contributed by atoms with Gasteiger partial charge in [-0.3, -0.25) is 0 Å². The van der Waals surface area contributed by atoms with Crippen LogP contribution in [0.25, 0.3) is 0 Å². The lowest BCUT2D eigenvalue weighted by atomic mass is 10.1. The topological polar surface area (TPSA) is 29.4 Å². The Labute approximate surface area is 80.2 Å². The van der Waals surface area contributed by atoms with Gasteiger partial charge in [0, 0.05) is 18.2 Å². The molecule has 0 saturated carbocycles. The molecule has 13 heavy (non-hydrogen) atoms. The van der Waals surface area contributed by atoms with Crippen molar-refractivity contribution in [2.75, 3.05) is 13.3 Å². The highest BCUT2D eigenvalue weighted by atomic mass is 32.2. The average molecular weight is 197 g/mol. The van der Waals surface area contributed by atoms with E-state index in [0.29, 0.717) is 0 Å². The van der Waals surface area contributed by atoms with Crippen LogP contribution in [0.2, 0.25) is 0 Å². The fourth-order valence-corrected chi connectivity index (χ4v) is 1.98. The second-order valence-electron chi connectivity index (χ2n) is 3.23. The molecule has 0 fully saturated rings. The van der Waals surface area contributed by atoms with Crippen molar-refractivity contribution in [3.8, 4) is 0 Å². The van der Waals surface area contributed by atoms with Crippen LogP contribution in [0.1, 0.15) is 11.1 Å². The highest BCUT2D eigenvalue weighted by Gasteiger charge is 2.04. The Morgan fingerprint density at radius 2 is 1.85 bits per heavy atom. The standard InChI is InChI=1S/C10H15NOS/c1-8-5-6-10(7-9(8)2)13(4,12)11-3/h5-7H,1-4H3/t13-/m0/s1. The van der Waals surface area contributed by atoms with Gasteiger partial charge in [-0.05, 0) is 37.1 Å². The first-order chi connectivity index (χ1) is 5.97. The molecule has 0 aliphatic carbocycles. The van der Waals surface area contributed by atoms with Crippen molar-refractivity contribution in [2.45, 2.75) is 18.7 Å². The summed E-state index contributed by atoms with van der Waals surface area (Å²) in [5.74, 6) is 0. The summed E-state index contributed by atoms with van der Waals surface area (Å²) in [4.78, 5) is 0.818. The van der Waals surface area contributed by atoms with E-state index in [9.17, 15) is 4.21 Å². The van der Waals surface area contributed by atoms with Crippen LogP contribution in [0, 0.1) is 13.8 Å². The monoisotopic (exact) mass is 197 g/mol. The molecule has 0 unspecified atom stereocenters. The van der Waals surface area contributed by atoms with Crippen LogP contribution in [-0.4, -0.2) is 17.5 Å². The van der Waals surface area contributed by atoms with E-state index < -0.39 is 9.73 Å². The fraction of sp³-hybridized carbons (Fsp3) is 0.400. The Hall–Kier alpha value is -0.830. The van der Waals surface area contributed by atoms with Crippen LogP contribution < -0.4 is 0 Å². The van der Waals surface area contributed by atoms with Gasteiger partial charge in [0.1, 0.15) is 0 Å². The maximum Gasteiger partial charge on any atom is 0.0720 e. The number of aryl methyl sites for hydroxylation is 2. The number of hydrogen-bond acceptors (Lipinski definition) is 2. The van der Waals surface area contributed by atoms with E-state index in [1.165, 1.54) is 5.56 Å². The highest BCUT2D eigenvalue weighted by molar-refractivity contribution is 7.93.